The molecule has 0 saturated heterocycles. The first kappa shape index (κ1) is 19.1. The third-order valence-electron chi connectivity index (χ3n) is 5.42. The molecule has 0 radical (unpaired) electrons. The van der Waals surface area contributed by atoms with Crippen LogP contribution in [0, 0.1) is 0 Å². The van der Waals surface area contributed by atoms with Crippen LogP contribution in [0.2, 0.25) is 0 Å². The summed E-state index contributed by atoms with van der Waals surface area (Å²) >= 11 is 0. The molecule has 2 aromatic rings. The quantitative estimate of drug-likeness (QED) is 0.807. The van der Waals surface area contributed by atoms with Gasteiger partial charge in [-0.15, -0.1) is 0 Å². The molecule has 2 N–H and O–H groups in total. The summed E-state index contributed by atoms with van der Waals surface area (Å²) in [4.78, 5) is 26.4. The van der Waals surface area contributed by atoms with Gasteiger partial charge in [0.1, 0.15) is 11.9 Å². The molecule has 0 aromatic heterocycles. The number of amides is 2. The minimum atomic E-state index is -0.713. The second-order valence-corrected chi connectivity index (χ2v) is 7.38. The molecule has 2 amide bonds. The first-order chi connectivity index (χ1) is 14.0. The van der Waals surface area contributed by atoms with E-state index in [1.165, 1.54) is 25.0 Å². The van der Waals surface area contributed by atoms with E-state index in [4.69, 9.17) is 9.47 Å². The summed E-state index contributed by atoms with van der Waals surface area (Å²) in [6, 6.07) is 10.2. The lowest BCUT2D eigenvalue weighted by atomic mass is 10.1. The largest absolute Gasteiger partial charge is 0.506 e. The second-order valence-electron chi connectivity index (χ2n) is 7.38. The van der Waals surface area contributed by atoms with Crippen LogP contribution >= 0.6 is 0 Å². The molecule has 152 valence electrons. The second kappa shape index (κ2) is 7.66. The van der Waals surface area contributed by atoms with Crippen LogP contribution < -0.4 is 19.7 Å². The maximum absolute atomic E-state index is 13.1. The number of rotatable bonds is 5. The monoisotopic (exact) mass is 396 g/mol. The fourth-order valence-electron chi connectivity index (χ4n) is 4.07. The molecule has 1 unspecified atom stereocenters. The van der Waals surface area contributed by atoms with Crippen LogP contribution in [0.4, 0.5) is 5.69 Å². The molecule has 2 aliphatic rings. The lowest BCUT2D eigenvalue weighted by Gasteiger charge is -2.27. The normalized spacial score (nSPS) is 18.6. The highest BCUT2D eigenvalue weighted by Gasteiger charge is 2.39. The van der Waals surface area contributed by atoms with Gasteiger partial charge in [-0.1, -0.05) is 18.2 Å². The molecule has 7 nitrogen and oxygen atoms in total. The Bertz CT molecular complexity index is 952. The highest BCUT2D eigenvalue weighted by molar-refractivity contribution is 6.12. The standard InChI is InChI=1S/C22H24N2O5/c1-13(25)23-21-15-9-5-6-10-16(15)22(27)24(21)17-11-20(19(28-2)12-18(17)26)29-14-7-3-4-8-14/h5-6,9-12,14,21,26H,3-4,7-8H2,1-2H3,(H,23,25). The SMILES string of the molecule is COc1cc(O)c(N2C(=O)c3ccccc3C2NC(C)=O)cc1OC1CCCC1. The Hall–Kier alpha value is -3.22. The highest BCUT2D eigenvalue weighted by Crippen LogP contribution is 2.45. The number of nitrogens with one attached hydrogen (secondary N) is 1. The van der Waals surface area contributed by atoms with Crippen molar-refractivity contribution in [3.63, 3.8) is 0 Å². The number of anilines is 1. The van der Waals surface area contributed by atoms with Crippen molar-refractivity contribution in [3.8, 4) is 17.2 Å². The van der Waals surface area contributed by atoms with Gasteiger partial charge in [-0.3, -0.25) is 14.5 Å². The lowest BCUT2D eigenvalue weighted by Crippen LogP contribution is -2.39. The lowest BCUT2D eigenvalue weighted by molar-refractivity contribution is -0.119. The van der Waals surface area contributed by atoms with E-state index in [2.05, 4.69) is 5.32 Å². The number of aromatic hydroxyl groups is 1. The topological polar surface area (TPSA) is 88.1 Å². The van der Waals surface area contributed by atoms with Gasteiger partial charge in [-0.25, -0.2) is 0 Å². The molecule has 1 atom stereocenters. The van der Waals surface area contributed by atoms with E-state index in [-0.39, 0.29) is 29.4 Å². The first-order valence-electron chi connectivity index (χ1n) is 9.77. The molecule has 2 aromatic carbocycles. The Morgan fingerprint density at radius 2 is 1.90 bits per heavy atom. The van der Waals surface area contributed by atoms with Gasteiger partial charge in [-0.05, 0) is 31.7 Å². The van der Waals surface area contributed by atoms with Gasteiger partial charge in [0.25, 0.3) is 5.91 Å². The van der Waals surface area contributed by atoms with Gasteiger partial charge in [0.2, 0.25) is 5.91 Å². The summed E-state index contributed by atoms with van der Waals surface area (Å²) in [6.07, 6.45) is 3.52. The predicted molar refractivity (Wildman–Crippen MR) is 107 cm³/mol. The molecular weight excluding hydrogens is 372 g/mol. The van der Waals surface area contributed by atoms with Gasteiger partial charge in [0.15, 0.2) is 11.5 Å². The maximum atomic E-state index is 13.1. The minimum absolute atomic E-state index is 0.0823. The Morgan fingerprint density at radius 3 is 2.59 bits per heavy atom. The van der Waals surface area contributed by atoms with E-state index in [0.29, 0.717) is 22.6 Å². The molecule has 1 aliphatic heterocycles. The van der Waals surface area contributed by atoms with Crippen molar-refractivity contribution < 1.29 is 24.2 Å². The van der Waals surface area contributed by atoms with E-state index >= 15 is 0 Å². The maximum Gasteiger partial charge on any atom is 0.260 e. The van der Waals surface area contributed by atoms with Crippen molar-refractivity contribution in [2.24, 2.45) is 0 Å². The Kier molecular flexibility index (Phi) is 5.05. The number of hydrogen-bond donors (Lipinski definition) is 2. The predicted octanol–water partition coefficient (Wildman–Crippen LogP) is 3.52. The third-order valence-corrected chi connectivity index (χ3v) is 5.42. The zero-order valence-corrected chi connectivity index (χ0v) is 16.5. The summed E-state index contributed by atoms with van der Waals surface area (Å²) in [6.45, 7) is 1.39. The average Bonchev–Trinajstić information content (AvgIpc) is 3.30. The molecule has 7 heteroatoms. The summed E-state index contributed by atoms with van der Waals surface area (Å²) in [7, 11) is 1.51. The fraction of sp³-hybridized carbons (Fsp3) is 0.364. The number of benzene rings is 2. The zero-order chi connectivity index (χ0) is 20.5. The van der Waals surface area contributed by atoms with Crippen LogP contribution in [0.15, 0.2) is 36.4 Å². The number of phenolic OH excluding ortho intramolecular Hbond substituents is 1. The van der Waals surface area contributed by atoms with Crippen molar-refractivity contribution in [1.82, 2.24) is 5.32 Å². The van der Waals surface area contributed by atoms with Gasteiger partial charge < -0.3 is 19.9 Å². The van der Waals surface area contributed by atoms with Gasteiger partial charge in [0, 0.05) is 30.2 Å². The van der Waals surface area contributed by atoms with Crippen molar-refractivity contribution in [3.05, 3.63) is 47.5 Å². The van der Waals surface area contributed by atoms with Crippen LogP contribution in [-0.2, 0) is 4.79 Å². The van der Waals surface area contributed by atoms with E-state index in [1.54, 1.807) is 24.3 Å². The Labute approximate surface area is 169 Å². The van der Waals surface area contributed by atoms with Crippen LogP contribution in [0.5, 0.6) is 17.2 Å². The number of carbonyl (C=O) groups is 2. The molecule has 0 bridgehead atoms. The van der Waals surface area contributed by atoms with Crippen LogP contribution in [0.25, 0.3) is 0 Å². The number of carbonyl (C=O) groups excluding carboxylic acids is 2. The minimum Gasteiger partial charge on any atom is -0.506 e. The van der Waals surface area contributed by atoms with E-state index in [9.17, 15) is 14.7 Å². The Balaban J connectivity index is 1.77. The third kappa shape index (κ3) is 3.48. The number of fused-ring (bicyclic) bond motifs is 1. The van der Waals surface area contributed by atoms with Crippen LogP contribution in [0.1, 0.15) is 54.7 Å². The highest BCUT2D eigenvalue weighted by atomic mass is 16.5. The fourth-order valence-corrected chi connectivity index (χ4v) is 4.07. The summed E-state index contributed by atoms with van der Waals surface area (Å²) < 4.78 is 11.5. The van der Waals surface area contributed by atoms with Gasteiger partial charge in [0.05, 0.1) is 18.9 Å². The van der Waals surface area contributed by atoms with Crippen molar-refractivity contribution in [1.29, 1.82) is 0 Å². The number of nitrogens with zero attached hydrogens (tertiary/aromatic N) is 1. The molecule has 1 aliphatic carbocycles. The van der Waals surface area contributed by atoms with Crippen LogP contribution in [-0.4, -0.2) is 30.1 Å². The molecule has 1 fully saturated rings. The molecule has 29 heavy (non-hydrogen) atoms. The molecule has 0 spiro atoms. The molecule has 4 rings (SSSR count). The van der Waals surface area contributed by atoms with E-state index < -0.39 is 6.17 Å². The number of hydrogen-bond acceptors (Lipinski definition) is 5. The average molecular weight is 396 g/mol. The summed E-state index contributed by atoms with van der Waals surface area (Å²) in [5.74, 6) is 0.166. The zero-order valence-electron chi connectivity index (χ0n) is 16.5. The van der Waals surface area contributed by atoms with Gasteiger partial charge >= 0.3 is 0 Å². The number of phenols is 1. The molecule has 1 heterocycles. The van der Waals surface area contributed by atoms with Gasteiger partial charge in [-0.2, -0.15) is 0 Å². The van der Waals surface area contributed by atoms with Crippen molar-refractivity contribution in [2.75, 3.05) is 12.0 Å². The van der Waals surface area contributed by atoms with Crippen molar-refractivity contribution >= 4 is 17.5 Å². The number of methoxy groups -OCH3 is 1. The number of ether oxygens (including phenoxy) is 2. The molecule has 1 saturated carbocycles. The van der Waals surface area contributed by atoms with Crippen LogP contribution in [0.3, 0.4) is 0 Å². The van der Waals surface area contributed by atoms with E-state index in [0.717, 1.165) is 25.7 Å². The van der Waals surface area contributed by atoms with Crippen molar-refractivity contribution in [2.45, 2.75) is 44.9 Å². The first-order valence-corrected chi connectivity index (χ1v) is 9.77. The molecular formula is C22H24N2O5. The summed E-state index contributed by atoms with van der Waals surface area (Å²) in [5.41, 5.74) is 1.43. The van der Waals surface area contributed by atoms with E-state index in [1.807, 2.05) is 6.07 Å². The smallest absolute Gasteiger partial charge is 0.260 e. The summed E-state index contributed by atoms with van der Waals surface area (Å²) in [5, 5.41) is 13.5. The Morgan fingerprint density at radius 1 is 1.17 bits per heavy atom.